The van der Waals surface area contributed by atoms with E-state index in [0.29, 0.717) is 24.5 Å². The Labute approximate surface area is 146 Å². The molecule has 0 aromatic heterocycles. The van der Waals surface area contributed by atoms with Gasteiger partial charge in [0, 0.05) is 6.61 Å². The second-order valence-corrected chi connectivity index (χ2v) is 5.15. The summed E-state index contributed by atoms with van der Waals surface area (Å²) in [5.41, 5.74) is 2.06. The fourth-order valence-electron chi connectivity index (χ4n) is 2.43. The molecule has 0 aliphatic heterocycles. The molecule has 2 rings (SSSR count). The van der Waals surface area contributed by atoms with Crippen LogP contribution in [0.2, 0.25) is 0 Å². The molecule has 0 aliphatic rings. The first-order valence-electron chi connectivity index (χ1n) is 7.85. The van der Waals surface area contributed by atoms with Crippen molar-refractivity contribution >= 4 is 11.3 Å². The molecule has 0 unspecified atom stereocenters. The molecular formula is C19H21NO5. The number of hydrogen-bond donors (Lipinski definition) is 0. The second-order valence-electron chi connectivity index (χ2n) is 5.15. The molecule has 0 heterocycles. The summed E-state index contributed by atoms with van der Waals surface area (Å²) >= 11 is 0. The fraction of sp³-hybridized carbons (Fsp3) is 0.263. The van der Waals surface area contributed by atoms with Crippen LogP contribution in [0.1, 0.15) is 18.1 Å². The Bertz CT molecular complexity index is 753. The average molecular weight is 343 g/mol. The molecule has 25 heavy (non-hydrogen) atoms. The fourth-order valence-corrected chi connectivity index (χ4v) is 2.43. The van der Waals surface area contributed by atoms with E-state index >= 15 is 0 Å². The lowest BCUT2D eigenvalue weighted by Gasteiger charge is -2.11. The lowest BCUT2D eigenvalue weighted by molar-refractivity contribution is -0.385. The third-order valence-electron chi connectivity index (χ3n) is 3.70. The summed E-state index contributed by atoms with van der Waals surface area (Å²) in [4.78, 5) is 11.1. The van der Waals surface area contributed by atoms with Crippen molar-refractivity contribution in [3.8, 4) is 11.5 Å². The number of nitro groups is 1. The predicted octanol–water partition coefficient (Wildman–Crippen LogP) is 4.08. The van der Waals surface area contributed by atoms with Crippen molar-refractivity contribution in [3.63, 3.8) is 0 Å². The summed E-state index contributed by atoms with van der Waals surface area (Å²) in [7, 11) is 3.07. The number of nitrogens with zero attached hydrogens (tertiary/aromatic N) is 1. The predicted molar refractivity (Wildman–Crippen MR) is 96.2 cm³/mol. The van der Waals surface area contributed by atoms with Crippen LogP contribution in [0.4, 0.5) is 5.69 Å². The minimum Gasteiger partial charge on any atom is -0.497 e. The minimum atomic E-state index is -0.407. The van der Waals surface area contributed by atoms with Gasteiger partial charge in [-0.1, -0.05) is 18.2 Å². The SMILES string of the molecule is CCOC/C=C(/c1ccc(OC)cc1)c1ccc(OC)cc1[N+](=O)[O-]. The van der Waals surface area contributed by atoms with Gasteiger partial charge in [-0.3, -0.25) is 10.1 Å². The highest BCUT2D eigenvalue weighted by Crippen LogP contribution is 2.34. The van der Waals surface area contributed by atoms with Gasteiger partial charge in [-0.15, -0.1) is 0 Å². The van der Waals surface area contributed by atoms with Crippen molar-refractivity contribution in [2.75, 3.05) is 27.4 Å². The Morgan fingerprint density at radius 1 is 1.08 bits per heavy atom. The number of methoxy groups -OCH3 is 2. The third kappa shape index (κ3) is 4.58. The summed E-state index contributed by atoms with van der Waals surface area (Å²) < 4.78 is 15.7. The number of rotatable bonds is 8. The first-order valence-corrected chi connectivity index (χ1v) is 7.85. The van der Waals surface area contributed by atoms with E-state index in [4.69, 9.17) is 14.2 Å². The molecule has 2 aromatic rings. The molecule has 132 valence electrons. The van der Waals surface area contributed by atoms with Crippen LogP contribution < -0.4 is 9.47 Å². The zero-order valence-corrected chi connectivity index (χ0v) is 14.5. The molecule has 0 radical (unpaired) electrons. The largest absolute Gasteiger partial charge is 0.497 e. The Kier molecular flexibility index (Phi) is 6.54. The van der Waals surface area contributed by atoms with Crippen molar-refractivity contribution < 1.29 is 19.1 Å². The maximum absolute atomic E-state index is 11.5. The lowest BCUT2D eigenvalue weighted by Crippen LogP contribution is -1.99. The van der Waals surface area contributed by atoms with E-state index in [-0.39, 0.29) is 5.69 Å². The van der Waals surface area contributed by atoms with Crippen molar-refractivity contribution in [1.29, 1.82) is 0 Å². The molecule has 6 heteroatoms. The van der Waals surface area contributed by atoms with Gasteiger partial charge in [-0.05, 0) is 42.3 Å². The van der Waals surface area contributed by atoms with Gasteiger partial charge in [0.1, 0.15) is 11.5 Å². The van der Waals surface area contributed by atoms with Crippen molar-refractivity contribution in [2.45, 2.75) is 6.92 Å². The number of ether oxygens (including phenoxy) is 3. The van der Waals surface area contributed by atoms with Gasteiger partial charge in [0.25, 0.3) is 5.69 Å². The van der Waals surface area contributed by atoms with Gasteiger partial charge in [-0.25, -0.2) is 0 Å². The Hall–Kier alpha value is -2.86. The molecule has 0 atom stereocenters. The zero-order chi connectivity index (χ0) is 18.2. The van der Waals surface area contributed by atoms with Crippen LogP contribution in [0.15, 0.2) is 48.5 Å². The quantitative estimate of drug-likeness (QED) is 0.410. The van der Waals surface area contributed by atoms with E-state index in [1.54, 1.807) is 19.2 Å². The first kappa shape index (κ1) is 18.5. The van der Waals surface area contributed by atoms with Crippen LogP contribution >= 0.6 is 0 Å². The van der Waals surface area contributed by atoms with E-state index in [0.717, 1.165) is 16.9 Å². The van der Waals surface area contributed by atoms with Gasteiger partial charge in [-0.2, -0.15) is 0 Å². The molecule has 0 saturated heterocycles. The topological polar surface area (TPSA) is 70.8 Å². The number of nitro benzene ring substituents is 1. The molecular weight excluding hydrogens is 322 g/mol. The van der Waals surface area contributed by atoms with E-state index in [9.17, 15) is 10.1 Å². The molecule has 0 fully saturated rings. The van der Waals surface area contributed by atoms with Crippen molar-refractivity contribution in [1.82, 2.24) is 0 Å². The average Bonchev–Trinajstić information content (AvgIpc) is 2.65. The summed E-state index contributed by atoms with van der Waals surface area (Å²) in [5.74, 6) is 1.16. The molecule has 0 saturated carbocycles. The molecule has 6 nitrogen and oxygen atoms in total. The smallest absolute Gasteiger partial charge is 0.280 e. The summed E-state index contributed by atoms with van der Waals surface area (Å²) in [6, 6.07) is 12.2. The molecule has 2 aromatic carbocycles. The third-order valence-corrected chi connectivity index (χ3v) is 3.70. The van der Waals surface area contributed by atoms with Crippen LogP contribution in [0.5, 0.6) is 11.5 Å². The van der Waals surface area contributed by atoms with Crippen LogP contribution in [-0.4, -0.2) is 32.4 Å². The lowest BCUT2D eigenvalue weighted by atomic mass is 9.96. The molecule has 0 aliphatic carbocycles. The van der Waals surface area contributed by atoms with Crippen LogP contribution in [-0.2, 0) is 4.74 Å². The molecule has 0 bridgehead atoms. The molecule has 0 amide bonds. The maximum Gasteiger partial charge on any atom is 0.280 e. The van der Waals surface area contributed by atoms with Crippen LogP contribution in [0.25, 0.3) is 5.57 Å². The van der Waals surface area contributed by atoms with E-state index in [1.807, 2.05) is 37.3 Å². The van der Waals surface area contributed by atoms with Gasteiger partial charge in [0.2, 0.25) is 0 Å². The number of hydrogen-bond acceptors (Lipinski definition) is 5. The Morgan fingerprint density at radius 3 is 2.28 bits per heavy atom. The first-order chi connectivity index (χ1) is 12.1. The minimum absolute atomic E-state index is 0.0158. The monoisotopic (exact) mass is 343 g/mol. The Morgan fingerprint density at radius 2 is 1.72 bits per heavy atom. The van der Waals surface area contributed by atoms with Crippen molar-refractivity contribution in [3.05, 3.63) is 69.8 Å². The molecule has 0 N–H and O–H groups in total. The van der Waals surface area contributed by atoms with Gasteiger partial charge < -0.3 is 14.2 Å². The molecule has 0 spiro atoms. The normalized spacial score (nSPS) is 11.2. The van der Waals surface area contributed by atoms with E-state index < -0.39 is 4.92 Å². The summed E-state index contributed by atoms with van der Waals surface area (Å²) in [6.45, 7) is 2.83. The highest BCUT2D eigenvalue weighted by Gasteiger charge is 2.19. The highest BCUT2D eigenvalue weighted by atomic mass is 16.6. The van der Waals surface area contributed by atoms with Crippen molar-refractivity contribution in [2.24, 2.45) is 0 Å². The van der Waals surface area contributed by atoms with Gasteiger partial charge in [0.15, 0.2) is 0 Å². The number of benzene rings is 2. The zero-order valence-electron chi connectivity index (χ0n) is 14.5. The summed E-state index contributed by atoms with van der Waals surface area (Å²) in [6.07, 6.45) is 1.85. The van der Waals surface area contributed by atoms with Gasteiger partial charge in [0.05, 0.1) is 37.4 Å². The van der Waals surface area contributed by atoms with Gasteiger partial charge >= 0.3 is 0 Å². The highest BCUT2D eigenvalue weighted by molar-refractivity contribution is 5.84. The van der Waals surface area contributed by atoms with Crippen LogP contribution in [0.3, 0.4) is 0 Å². The Balaban J connectivity index is 2.55. The van der Waals surface area contributed by atoms with E-state index in [1.165, 1.54) is 13.2 Å². The second kappa shape index (κ2) is 8.84. The maximum atomic E-state index is 11.5. The van der Waals surface area contributed by atoms with E-state index in [2.05, 4.69) is 0 Å². The summed E-state index contributed by atoms with van der Waals surface area (Å²) in [5, 5.41) is 11.5. The van der Waals surface area contributed by atoms with Crippen LogP contribution in [0, 0.1) is 10.1 Å². The standard InChI is InChI=1S/C19H21NO5/c1-4-25-12-11-17(14-5-7-15(23-2)8-6-14)18-10-9-16(24-3)13-19(18)20(21)22/h5-11,13H,4,12H2,1-3H3/b17-11-.